The van der Waals surface area contributed by atoms with Gasteiger partial charge >= 0.3 is 5.97 Å². The summed E-state index contributed by atoms with van der Waals surface area (Å²) in [7, 11) is 0. The number of carbonyl (C=O) groups excluding carboxylic acids is 1. The van der Waals surface area contributed by atoms with Crippen molar-refractivity contribution in [3.05, 3.63) is 24.0 Å². The second-order valence-electron chi connectivity index (χ2n) is 3.74. The smallest absolute Gasteiger partial charge is 0.345 e. The van der Waals surface area contributed by atoms with Gasteiger partial charge in [-0.3, -0.25) is 4.98 Å². The molecule has 5 heteroatoms. The SMILES string of the molecule is CCOC(=O)C(F)c1cncc(OC(C)C)c1. The highest BCUT2D eigenvalue weighted by atomic mass is 19.1. The van der Waals surface area contributed by atoms with E-state index in [2.05, 4.69) is 9.72 Å². The first-order valence-corrected chi connectivity index (χ1v) is 5.47. The zero-order valence-corrected chi connectivity index (χ0v) is 10.1. The van der Waals surface area contributed by atoms with Crippen molar-refractivity contribution >= 4 is 5.97 Å². The average molecular weight is 241 g/mol. The third-order valence-electron chi connectivity index (χ3n) is 1.89. The molecule has 0 spiro atoms. The van der Waals surface area contributed by atoms with E-state index < -0.39 is 12.1 Å². The van der Waals surface area contributed by atoms with E-state index in [-0.39, 0.29) is 18.3 Å². The van der Waals surface area contributed by atoms with Gasteiger partial charge in [0.05, 0.1) is 18.9 Å². The molecule has 4 nitrogen and oxygen atoms in total. The van der Waals surface area contributed by atoms with Gasteiger partial charge in [0.1, 0.15) is 5.75 Å². The summed E-state index contributed by atoms with van der Waals surface area (Å²) >= 11 is 0. The third-order valence-corrected chi connectivity index (χ3v) is 1.89. The van der Waals surface area contributed by atoms with Crippen molar-refractivity contribution in [1.82, 2.24) is 4.98 Å². The molecule has 0 bridgehead atoms. The van der Waals surface area contributed by atoms with Crippen molar-refractivity contribution in [3.8, 4) is 5.75 Å². The molecule has 1 aromatic heterocycles. The quantitative estimate of drug-likeness (QED) is 0.743. The summed E-state index contributed by atoms with van der Waals surface area (Å²) in [5.74, 6) is -0.472. The summed E-state index contributed by atoms with van der Waals surface area (Å²) in [6.07, 6.45) is 0.904. The number of hydrogen-bond donors (Lipinski definition) is 0. The molecule has 0 aliphatic rings. The summed E-state index contributed by atoms with van der Waals surface area (Å²) in [4.78, 5) is 15.0. The minimum Gasteiger partial charge on any atom is -0.489 e. The first-order valence-electron chi connectivity index (χ1n) is 5.47. The molecular weight excluding hydrogens is 225 g/mol. The minimum absolute atomic E-state index is 0.0345. The molecule has 1 unspecified atom stereocenters. The van der Waals surface area contributed by atoms with Crippen LogP contribution in [0.15, 0.2) is 18.5 Å². The van der Waals surface area contributed by atoms with Crippen molar-refractivity contribution in [1.29, 1.82) is 0 Å². The van der Waals surface area contributed by atoms with Crippen molar-refractivity contribution in [3.63, 3.8) is 0 Å². The molecular formula is C12H16FNO3. The van der Waals surface area contributed by atoms with Gasteiger partial charge in [0.2, 0.25) is 6.17 Å². The Morgan fingerprint density at radius 2 is 2.18 bits per heavy atom. The summed E-state index contributed by atoms with van der Waals surface area (Å²) in [5.41, 5.74) is 0.140. The van der Waals surface area contributed by atoms with E-state index in [1.807, 2.05) is 13.8 Å². The fourth-order valence-corrected chi connectivity index (χ4v) is 1.26. The van der Waals surface area contributed by atoms with E-state index in [1.54, 1.807) is 6.92 Å². The predicted molar refractivity (Wildman–Crippen MR) is 60.5 cm³/mol. The number of nitrogens with zero attached hydrogens (tertiary/aromatic N) is 1. The Morgan fingerprint density at radius 3 is 2.76 bits per heavy atom. The van der Waals surface area contributed by atoms with Crippen LogP contribution in [-0.4, -0.2) is 23.7 Å². The second kappa shape index (κ2) is 6.18. The molecule has 0 aliphatic carbocycles. The molecule has 1 aromatic rings. The second-order valence-corrected chi connectivity index (χ2v) is 3.74. The van der Waals surface area contributed by atoms with Gasteiger partial charge in [-0.1, -0.05) is 0 Å². The van der Waals surface area contributed by atoms with Crippen LogP contribution in [0, 0.1) is 0 Å². The highest BCUT2D eigenvalue weighted by molar-refractivity contribution is 5.76. The molecule has 0 saturated heterocycles. The third kappa shape index (κ3) is 4.01. The van der Waals surface area contributed by atoms with Crippen LogP contribution in [0.5, 0.6) is 5.75 Å². The molecule has 1 atom stereocenters. The van der Waals surface area contributed by atoms with Crippen LogP contribution < -0.4 is 4.74 Å². The maximum Gasteiger partial charge on any atom is 0.345 e. The molecule has 94 valence electrons. The zero-order chi connectivity index (χ0) is 12.8. The van der Waals surface area contributed by atoms with Crippen LogP contribution in [0.4, 0.5) is 4.39 Å². The molecule has 0 fully saturated rings. The topological polar surface area (TPSA) is 48.4 Å². The highest BCUT2D eigenvalue weighted by Crippen LogP contribution is 2.22. The molecule has 0 aromatic carbocycles. The summed E-state index contributed by atoms with van der Waals surface area (Å²) in [5, 5.41) is 0. The number of alkyl halides is 1. The molecule has 0 saturated carbocycles. The van der Waals surface area contributed by atoms with E-state index in [0.29, 0.717) is 5.75 Å². The Hall–Kier alpha value is -1.65. The van der Waals surface area contributed by atoms with Crippen LogP contribution in [0.1, 0.15) is 32.5 Å². The predicted octanol–water partition coefficient (Wildman–Crippen LogP) is 2.44. The van der Waals surface area contributed by atoms with E-state index >= 15 is 0 Å². The van der Waals surface area contributed by atoms with Crippen molar-refractivity contribution < 1.29 is 18.7 Å². The first-order chi connectivity index (χ1) is 8.04. The van der Waals surface area contributed by atoms with Crippen LogP contribution in [0.25, 0.3) is 0 Å². The average Bonchev–Trinajstić information content (AvgIpc) is 2.28. The standard InChI is InChI=1S/C12H16FNO3/c1-4-16-12(15)11(13)9-5-10(7-14-6-9)17-8(2)3/h5-8,11H,4H2,1-3H3. The number of pyridine rings is 1. The lowest BCUT2D eigenvalue weighted by atomic mass is 10.2. The van der Waals surface area contributed by atoms with E-state index in [9.17, 15) is 9.18 Å². The van der Waals surface area contributed by atoms with E-state index in [4.69, 9.17) is 4.74 Å². The van der Waals surface area contributed by atoms with Crippen LogP contribution in [0.3, 0.4) is 0 Å². The number of rotatable bonds is 5. The van der Waals surface area contributed by atoms with Crippen LogP contribution >= 0.6 is 0 Å². The number of esters is 1. The Labute approximate surface area is 99.8 Å². The lowest BCUT2D eigenvalue weighted by molar-refractivity contribution is -0.149. The van der Waals surface area contributed by atoms with Gasteiger partial charge in [-0.2, -0.15) is 0 Å². The van der Waals surface area contributed by atoms with Crippen LogP contribution in [-0.2, 0) is 9.53 Å². The molecule has 0 aliphatic heterocycles. The Bertz CT molecular complexity index is 382. The number of carbonyl (C=O) groups is 1. The maximum absolute atomic E-state index is 13.7. The fraction of sp³-hybridized carbons (Fsp3) is 0.500. The number of ether oxygens (including phenoxy) is 2. The number of aromatic nitrogens is 1. The normalized spacial score (nSPS) is 12.3. The molecule has 0 amide bonds. The lowest BCUT2D eigenvalue weighted by Crippen LogP contribution is -2.13. The molecule has 17 heavy (non-hydrogen) atoms. The monoisotopic (exact) mass is 241 g/mol. The van der Waals surface area contributed by atoms with Crippen molar-refractivity contribution in [2.24, 2.45) is 0 Å². The van der Waals surface area contributed by atoms with E-state index in [1.165, 1.54) is 18.5 Å². The van der Waals surface area contributed by atoms with E-state index in [0.717, 1.165) is 0 Å². The van der Waals surface area contributed by atoms with Crippen molar-refractivity contribution in [2.75, 3.05) is 6.61 Å². The largest absolute Gasteiger partial charge is 0.489 e. The van der Waals surface area contributed by atoms with Gasteiger partial charge in [0.15, 0.2) is 0 Å². The fourth-order valence-electron chi connectivity index (χ4n) is 1.26. The Kier molecular flexibility index (Phi) is 4.87. The summed E-state index contributed by atoms with van der Waals surface area (Å²) < 4.78 is 23.6. The maximum atomic E-state index is 13.7. The zero-order valence-electron chi connectivity index (χ0n) is 10.1. The van der Waals surface area contributed by atoms with Gasteiger partial charge in [-0.15, -0.1) is 0 Å². The van der Waals surface area contributed by atoms with Gasteiger partial charge < -0.3 is 9.47 Å². The molecule has 1 rings (SSSR count). The molecule has 1 heterocycles. The Morgan fingerprint density at radius 1 is 1.47 bits per heavy atom. The minimum atomic E-state index is -1.82. The van der Waals surface area contributed by atoms with Crippen LogP contribution in [0.2, 0.25) is 0 Å². The molecule has 0 radical (unpaired) electrons. The number of halogens is 1. The van der Waals surface area contributed by atoms with Gasteiger partial charge in [0.25, 0.3) is 0 Å². The molecule has 0 N–H and O–H groups in total. The highest BCUT2D eigenvalue weighted by Gasteiger charge is 2.21. The first kappa shape index (κ1) is 13.4. The Balaban J connectivity index is 2.80. The number of hydrogen-bond acceptors (Lipinski definition) is 4. The summed E-state index contributed by atoms with van der Waals surface area (Å²) in [6, 6.07) is 1.45. The van der Waals surface area contributed by atoms with Gasteiger partial charge in [-0.05, 0) is 26.8 Å². The lowest BCUT2D eigenvalue weighted by Gasteiger charge is -2.11. The van der Waals surface area contributed by atoms with Gasteiger partial charge in [-0.25, -0.2) is 9.18 Å². The summed E-state index contributed by atoms with van der Waals surface area (Å²) in [6.45, 7) is 5.48. The van der Waals surface area contributed by atoms with Crippen molar-refractivity contribution in [2.45, 2.75) is 33.0 Å². The van der Waals surface area contributed by atoms with Gasteiger partial charge in [0, 0.05) is 11.8 Å².